The molecule has 1 saturated heterocycles. The van der Waals surface area contributed by atoms with Crippen molar-refractivity contribution in [2.45, 2.75) is 52.2 Å². The van der Waals surface area contributed by atoms with E-state index in [0.717, 1.165) is 12.0 Å². The standard InChI is InChI=1S/C17H23ClN2O3/c1-11-7-8-13(12(18)10-11)19-15(21)14-6-5-9-20(14)16(22)23-17(2,3)4/h7-8,10,14H,5-6,9H2,1-4H3,(H,19,21). The molecule has 1 N–H and O–H groups in total. The molecular formula is C17H23ClN2O3. The number of ether oxygens (including phenoxy) is 1. The van der Waals surface area contributed by atoms with Gasteiger partial charge in [0, 0.05) is 6.54 Å². The molecule has 0 aromatic heterocycles. The molecule has 1 unspecified atom stereocenters. The summed E-state index contributed by atoms with van der Waals surface area (Å²) in [5, 5.41) is 3.29. The Hall–Kier alpha value is -1.75. The molecule has 2 rings (SSSR count). The van der Waals surface area contributed by atoms with Crippen LogP contribution in [-0.2, 0) is 9.53 Å². The number of rotatable bonds is 2. The molecule has 1 aromatic rings. The van der Waals surface area contributed by atoms with E-state index in [1.54, 1.807) is 12.1 Å². The monoisotopic (exact) mass is 338 g/mol. The van der Waals surface area contributed by atoms with Crippen molar-refractivity contribution < 1.29 is 14.3 Å². The Kier molecular flexibility index (Phi) is 5.19. The highest BCUT2D eigenvalue weighted by Crippen LogP contribution is 2.26. The third-order valence-electron chi connectivity index (χ3n) is 3.57. The molecule has 23 heavy (non-hydrogen) atoms. The zero-order valence-corrected chi connectivity index (χ0v) is 14.7. The number of halogens is 1. The molecule has 0 aliphatic carbocycles. The lowest BCUT2D eigenvalue weighted by atomic mass is 10.2. The molecule has 126 valence electrons. The van der Waals surface area contributed by atoms with Gasteiger partial charge >= 0.3 is 6.09 Å². The van der Waals surface area contributed by atoms with Crippen LogP contribution in [0.15, 0.2) is 18.2 Å². The van der Waals surface area contributed by atoms with Gasteiger partial charge in [0.05, 0.1) is 10.7 Å². The summed E-state index contributed by atoms with van der Waals surface area (Å²) in [6.45, 7) is 7.87. The maximum Gasteiger partial charge on any atom is 0.410 e. The summed E-state index contributed by atoms with van der Waals surface area (Å²) >= 11 is 6.15. The minimum atomic E-state index is -0.582. The van der Waals surface area contributed by atoms with E-state index in [9.17, 15) is 9.59 Å². The van der Waals surface area contributed by atoms with E-state index in [1.807, 2.05) is 33.8 Å². The number of hydrogen-bond donors (Lipinski definition) is 1. The topological polar surface area (TPSA) is 58.6 Å². The molecule has 6 heteroatoms. The average Bonchev–Trinajstić information content (AvgIpc) is 2.89. The molecule has 1 fully saturated rings. The third-order valence-corrected chi connectivity index (χ3v) is 3.88. The van der Waals surface area contributed by atoms with Crippen LogP contribution in [0.1, 0.15) is 39.2 Å². The highest BCUT2D eigenvalue weighted by molar-refractivity contribution is 6.33. The molecule has 0 bridgehead atoms. The fourth-order valence-electron chi connectivity index (χ4n) is 2.52. The summed E-state index contributed by atoms with van der Waals surface area (Å²) in [4.78, 5) is 26.2. The molecule has 0 saturated carbocycles. The summed E-state index contributed by atoms with van der Waals surface area (Å²) in [5.74, 6) is -0.237. The number of nitrogens with zero attached hydrogens (tertiary/aromatic N) is 1. The van der Waals surface area contributed by atoms with Crippen molar-refractivity contribution >= 4 is 29.3 Å². The van der Waals surface area contributed by atoms with E-state index in [-0.39, 0.29) is 5.91 Å². The number of anilines is 1. The van der Waals surface area contributed by atoms with Gasteiger partial charge in [0.2, 0.25) is 5.91 Å². The summed E-state index contributed by atoms with van der Waals surface area (Å²) in [6, 6.07) is 4.91. The first-order chi connectivity index (χ1) is 10.7. The van der Waals surface area contributed by atoms with Crippen molar-refractivity contribution in [2.75, 3.05) is 11.9 Å². The van der Waals surface area contributed by atoms with E-state index in [4.69, 9.17) is 16.3 Å². The molecule has 1 heterocycles. The Bertz CT molecular complexity index is 610. The summed E-state index contributed by atoms with van der Waals surface area (Å²) in [5.41, 5.74) is 0.989. The van der Waals surface area contributed by atoms with Crippen LogP contribution in [-0.4, -0.2) is 35.1 Å². The number of nitrogens with one attached hydrogen (secondary N) is 1. The van der Waals surface area contributed by atoms with Crippen molar-refractivity contribution in [3.63, 3.8) is 0 Å². The predicted octanol–water partition coefficient (Wildman–Crippen LogP) is 3.99. The van der Waals surface area contributed by atoms with Crippen LogP contribution in [0.2, 0.25) is 5.02 Å². The van der Waals surface area contributed by atoms with Crippen molar-refractivity contribution in [3.8, 4) is 0 Å². The van der Waals surface area contributed by atoms with Gasteiger partial charge in [0.15, 0.2) is 0 Å². The van der Waals surface area contributed by atoms with Gasteiger partial charge in [-0.05, 0) is 58.2 Å². The van der Waals surface area contributed by atoms with Crippen LogP contribution in [0.4, 0.5) is 10.5 Å². The van der Waals surface area contributed by atoms with Gasteiger partial charge in [-0.1, -0.05) is 17.7 Å². The molecule has 1 aromatic carbocycles. The Balaban J connectivity index is 2.07. The molecule has 0 radical (unpaired) electrons. The van der Waals surface area contributed by atoms with Crippen LogP contribution in [0.25, 0.3) is 0 Å². The number of likely N-dealkylation sites (tertiary alicyclic amines) is 1. The highest BCUT2D eigenvalue weighted by atomic mass is 35.5. The van der Waals surface area contributed by atoms with Gasteiger partial charge in [-0.15, -0.1) is 0 Å². The summed E-state index contributed by atoms with van der Waals surface area (Å²) in [6.07, 6.45) is 0.943. The van der Waals surface area contributed by atoms with Crippen molar-refractivity contribution in [3.05, 3.63) is 28.8 Å². The normalized spacial score (nSPS) is 18.0. The third kappa shape index (κ3) is 4.61. The molecule has 2 amide bonds. The first-order valence-corrected chi connectivity index (χ1v) is 8.12. The number of carbonyl (C=O) groups is 2. The van der Waals surface area contributed by atoms with Gasteiger partial charge < -0.3 is 10.1 Å². The van der Waals surface area contributed by atoms with Gasteiger partial charge in [-0.2, -0.15) is 0 Å². The van der Waals surface area contributed by atoms with Crippen LogP contribution in [0, 0.1) is 6.92 Å². The number of aryl methyl sites for hydroxylation is 1. The first-order valence-electron chi connectivity index (χ1n) is 7.74. The Labute approximate surface area is 141 Å². The summed E-state index contributed by atoms with van der Waals surface area (Å²) < 4.78 is 5.37. The van der Waals surface area contributed by atoms with E-state index < -0.39 is 17.7 Å². The van der Waals surface area contributed by atoms with E-state index >= 15 is 0 Å². The van der Waals surface area contributed by atoms with Crippen LogP contribution in [0.3, 0.4) is 0 Å². The van der Waals surface area contributed by atoms with Gasteiger partial charge in [0.1, 0.15) is 11.6 Å². The second kappa shape index (κ2) is 6.79. The van der Waals surface area contributed by atoms with E-state index in [1.165, 1.54) is 4.90 Å². The SMILES string of the molecule is Cc1ccc(NC(=O)C2CCCN2C(=O)OC(C)(C)C)c(Cl)c1. The second-order valence-corrected chi connectivity index (χ2v) is 7.21. The quantitative estimate of drug-likeness (QED) is 0.887. The van der Waals surface area contributed by atoms with Crippen molar-refractivity contribution in [1.82, 2.24) is 4.90 Å². The fourth-order valence-corrected chi connectivity index (χ4v) is 2.80. The molecule has 1 aliphatic heterocycles. The Morgan fingerprint density at radius 1 is 1.35 bits per heavy atom. The van der Waals surface area contributed by atoms with E-state index in [0.29, 0.717) is 23.7 Å². The summed E-state index contributed by atoms with van der Waals surface area (Å²) in [7, 11) is 0. The highest BCUT2D eigenvalue weighted by Gasteiger charge is 2.36. The Morgan fingerprint density at radius 2 is 2.04 bits per heavy atom. The minimum Gasteiger partial charge on any atom is -0.444 e. The lowest BCUT2D eigenvalue weighted by Crippen LogP contribution is -2.45. The smallest absolute Gasteiger partial charge is 0.410 e. The van der Waals surface area contributed by atoms with Crippen LogP contribution in [0.5, 0.6) is 0 Å². The zero-order valence-electron chi connectivity index (χ0n) is 14.0. The molecule has 1 aliphatic rings. The number of amides is 2. The molecule has 5 nitrogen and oxygen atoms in total. The molecular weight excluding hydrogens is 316 g/mol. The lowest BCUT2D eigenvalue weighted by molar-refractivity contribution is -0.120. The van der Waals surface area contributed by atoms with Crippen molar-refractivity contribution in [2.24, 2.45) is 0 Å². The number of benzene rings is 1. The number of carbonyl (C=O) groups excluding carboxylic acids is 2. The van der Waals surface area contributed by atoms with Crippen LogP contribution >= 0.6 is 11.6 Å². The van der Waals surface area contributed by atoms with Crippen LogP contribution < -0.4 is 5.32 Å². The maximum absolute atomic E-state index is 12.5. The molecule has 0 spiro atoms. The van der Waals surface area contributed by atoms with Gasteiger partial charge in [-0.3, -0.25) is 9.69 Å². The average molecular weight is 339 g/mol. The van der Waals surface area contributed by atoms with Gasteiger partial charge in [0.25, 0.3) is 0 Å². The predicted molar refractivity (Wildman–Crippen MR) is 90.8 cm³/mol. The lowest BCUT2D eigenvalue weighted by Gasteiger charge is -2.28. The Morgan fingerprint density at radius 3 is 2.65 bits per heavy atom. The first kappa shape index (κ1) is 17.6. The molecule has 1 atom stereocenters. The van der Waals surface area contributed by atoms with E-state index in [2.05, 4.69) is 5.32 Å². The largest absolute Gasteiger partial charge is 0.444 e. The zero-order chi connectivity index (χ0) is 17.2. The fraction of sp³-hybridized carbons (Fsp3) is 0.529. The second-order valence-electron chi connectivity index (χ2n) is 6.80. The minimum absolute atomic E-state index is 0.237. The number of hydrogen-bond acceptors (Lipinski definition) is 3. The van der Waals surface area contributed by atoms with Crippen molar-refractivity contribution in [1.29, 1.82) is 0 Å². The van der Waals surface area contributed by atoms with Gasteiger partial charge in [-0.25, -0.2) is 4.79 Å². The maximum atomic E-state index is 12.5.